The van der Waals surface area contributed by atoms with Crippen LogP contribution >= 0.6 is 24.0 Å². The van der Waals surface area contributed by atoms with Gasteiger partial charge in [0.25, 0.3) is 0 Å². The average molecular weight is 526 g/mol. The molecule has 1 fully saturated rings. The van der Waals surface area contributed by atoms with Crippen LogP contribution in [0.1, 0.15) is 36.7 Å². The smallest absolute Gasteiger partial charge is 0.409 e. The summed E-state index contributed by atoms with van der Waals surface area (Å²) < 4.78 is 6.99. The van der Waals surface area contributed by atoms with Crippen LogP contribution in [0.15, 0.2) is 35.3 Å². The monoisotopic (exact) mass is 526 g/mol. The molecule has 1 aliphatic heterocycles. The molecule has 30 heavy (non-hydrogen) atoms. The van der Waals surface area contributed by atoms with Crippen molar-refractivity contribution in [1.29, 1.82) is 0 Å². The molecule has 8 nitrogen and oxygen atoms in total. The van der Waals surface area contributed by atoms with Crippen LogP contribution in [-0.4, -0.2) is 52.5 Å². The summed E-state index contributed by atoms with van der Waals surface area (Å²) in [7, 11) is 0. The fraction of sp³-hybridized carbons (Fsp3) is 0.476. The first kappa shape index (κ1) is 24.0. The van der Waals surface area contributed by atoms with E-state index in [0.717, 1.165) is 35.5 Å². The molecule has 2 aromatic rings. The highest BCUT2D eigenvalue weighted by Crippen LogP contribution is 2.18. The van der Waals surface area contributed by atoms with Gasteiger partial charge in [0.05, 0.1) is 24.5 Å². The quantitative estimate of drug-likeness (QED) is 0.355. The van der Waals surface area contributed by atoms with Gasteiger partial charge in [-0.1, -0.05) is 18.2 Å². The van der Waals surface area contributed by atoms with Crippen LogP contribution in [0.2, 0.25) is 0 Å². The van der Waals surface area contributed by atoms with Gasteiger partial charge in [-0.15, -0.1) is 24.0 Å². The molecule has 0 bridgehead atoms. The number of halogens is 1. The van der Waals surface area contributed by atoms with Crippen LogP contribution < -0.4 is 11.1 Å². The number of carbonyl (C=O) groups excluding carboxylic acids is 1. The summed E-state index contributed by atoms with van der Waals surface area (Å²) in [5.41, 5.74) is 10.2. The molecule has 0 saturated carbocycles. The van der Waals surface area contributed by atoms with Crippen molar-refractivity contribution in [1.82, 2.24) is 20.0 Å². The molecular weight excluding hydrogens is 495 g/mol. The number of ether oxygens (including phenoxy) is 1. The zero-order valence-corrected chi connectivity index (χ0v) is 20.1. The molecular formula is C21H31IN6O2. The number of benzene rings is 1. The van der Waals surface area contributed by atoms with Gasteiger partial charge in [0, 0.05) is 30.4 Å². The highest BCUT2D eigenvalue weighted by molar-refractivity contribution is 14.0. The number of piperidine rings is 1. The number of para-hydroxylation sites is 1. The van der Waals surface area contributed by atoms with Gasteiger partial charge in [-0.3, -0.25) is 0 Å². The normalized spacial score (nSPS) is 14.9. The number of hydrogen-bond acceptors (Lipinski definition) is 4. The van der Waals surface area contributed by atoms with Crippen molar-refractivity contribution in [3.8, 4) is 5.69 Å². The maximum Gasteiger partial charge on any atom is 0.409 e. The van der Waals surface area contributed by atoms with Crippen LogP contribution in [0.4, 0.5) is 4.79 Å². The van der Waals surface area contributed by atoms with Gasteiger partial charge in [-0.05, 0) is 45.7 Å². The number of amides is 1. The third-order valence-electron chi connectivity index (χ3n) is 5.22. The molecule has 0 aliphatic carbocycles. The predicted molar refractivity (Wildman–Crippen MR) is 129 cm³/mol. The molecule has 0 unspecified atom stereocenters. The van der Waals surface area contributed by atoms with E-state index in [1.54, 1.807) is 4.90 Å². The Morgan fingerprint density at radius 1 is 1.27 bits per heavy atom. The molecule has 9 heteroatoms. The van der Waals surface area contributed by atoms with Crippen molar-refractivity contribution in [2.75, 3.05) is 19.7 Å². The van der Waals surface area contributed by atoms with Crippen LogP contribution in [-0.2, 0) is 11.3 Å². The zero-order valence-electron chi connectivity index (χ0n) is 17.8. The van der Waals surface area contributed by atoms with E-state index in [1.165, 1.54) is 0 Å². The van der Waals surface area contributed by atoms with Gasteiger partial charge in [-0.2, -0.15) is 5.10 Å². The lowest BCUT2D eigenvalue weighted by atomic mass is 10.1. The van der Waals surface area contributed by atoms with Gasteiger partial charge in [0.1, 0.15) is 0 Å². The fourth-order valence-electron chi connectivity index (χ4n) is 3.56. The molecule has 0 radical (unpaired) electrons. The number of rotatable bonds is 5. The molecule has 0 spiro atoms. The summed E-state index contributed by atoms with van der Waals surface area (Å²) in [6.45, 7) is 8.05. The van der Waals surface area contributed by atoms with Gasteiger partial charge in [0.2, 0.25) is 0 Å². The standard InChI is InChI=1S/C21H30N6O2.HI/c1-4-29-21(28)26-12-10-17(11-13-26)24-20(22)23-14-19-15(2)25-27(16(19)3)18-8-6-5-7-9-18;/h5-9,17H,4,10-14H2,1-3H3,(H3,22,23,24);1H. The third-order valence-corrected chi connectivity index (χ3v) is 5.22. The Morgan fingerprint density at radius 2 is 1.93 bits per heavy atom. The fourth-order valence-corrected chi connectivity index (χ4v) is 3.56. The summed E-state index contributed by atoms with van der Waals surface area (Å²) in [5.74, 6) is 0.422. The predicted octanol–water partition coefficient (Wildman–Crippen LogP) is 3.13. The molecule has 1 amide bonds. The lowest BCUT2D eigenvalue weighted by Gasteiger charge is -2.31. The summed E-state index contributed by atoms with van der Waals surface area (Å²) >= 11 is 0. The Bertz CT molecular complexity index is 860. The Labute approximate surface area is 194 Å². The van der Waals surface area contributed by atoms with Gasteiger partial charge >= 0.3 is 6.09 Å². The van der Waals surface area contributed by atoms with Crippen LogP contribution in [0.25, 0.3) is 5.69 Å². The number of carbonyl (C=O) groups is 1. The zero-order chi connectivity index (χ0) is 20.8. The molecule has 3 rings (SSSR count). The largest absolute Gasteiger partial charge is 0.450 e. The topological polar surface area (TPSA) is 97.8 Å². The Hall–Kier alpha value is -2.30. The van der Waals surface area contributed by atoms with E-state index in [0.29, 0.717) is 32.2 Å². The van der Waals surface area contributed by atoms with Crippen molar-refractivity contribution in [3.05, 3.63) is 47.3 Å². The second-order valence-electron chi connectivity index (χ2n) is 7.20. The summed E-state index contributed by atoms with van der Waals surface area (Å²) in [4.78, 5) is 18.0. The molecule has 1 aromatic heterocycles. The van der Waals surface area contributed by atoms with E-state index in [4.69, 9.17) is 10.5 Å². The number of nitrogens with one attached hydrogen (secondary N) is 1. The van der Waals surface area contributed by atoms with Crippen molar-refractivity contribution >= 4 is 36.0 Å². The van der Waals surface area contributed by atoms with Gasteiger partial charge < -0.3 is 20.7 Å². The maximum atomic E-state index is 11.8. The highest BCUT2D eigenvalue weighted by Gasteiger charge is 2.23. The van der Waals surface area contributed by atoms with E-state index in [1.807, 2.05) is 55.8 Å². The number of likely N-dealkylation sites (tertiary alicyclic amines) is 1. The summed E-state index contributed by atoms with van der Waals surface area (Å²) in [5, 5.41) is 7.93. The average Bonchev–Trinajstić information content (AvgIpc) is 3.01. The third kappa shape index (κ3) is 5.87. The van der Waals surface area contributed by atoms with Crippen LogP contribution in [0, 0.1) is 13.8 Å². The summed E-state index contributed by atoms with van der Waals surface area (Å²) in [6, 6.07) is 10.3. The first-order valence-electron chi connectivity index (χ1n) is 10.1. The first-order chi connectivity index (χ1) is 14.0. The Balaban J connectivity index is 0.00000320. The number of aryl methyl sites for hydroxylation is 1. The molecule has 1 aliphatic rings. The highest BCUT2D eigenvalue weighted by atomic mass is 127. The maximum absolute atomic E-state index is 11.8. The first-order valence-corrected chi connectivity index (χ1v) is 10.1. The molecule has 1 aromatic carbocycles. The minimum Gasteiger partial charge on any atom is -0.450 e. The SMILES string of the molecule is CCOC(=O)N1CCC(NC(N)=NCc2c(C)nn(-c3ccccc3)c2C)CC1.I. The molecule has 164 valence electrons. The molecule has 2 heterocycles. The Morgan fingerprint density at radius 3 is 2.57 bits per heavy atom. The number of nitrogens with two attached hydrogens (primary N) is 1. The van der Waals surface area contributed by atoms with Crippen LogP contribution in [0.5, 0.6) is 0 Å². The molecule has 1 saturated heterocycles. The number of hydrogen-bond donors (Lipinski definition) is 2. The van der Waals surface area contributed by atoms with Gasteiger partial charge in [0.15, 0.2) is 5.96 Å². The van der Waals surface area contributed by atoms with Gasteiger partial charge in [-0.25, -0.2) is 14.5 Å². The number of guanidine groups is 1. The van der Waals surface area contributed by atoms with Crippen LogP contribution in [0.3, 0.4) is 0 Å². The molecule has 0 atom stereocenters. The van der Waals surface area contributed by atoms with Crippen molar-refractivity contribution in [2.24, 2.45) is 10.7 Å². The Kier molecular flexibility index (Phi) is 8.94. The van der Waals surface area contributed by atoms with E-state index in [9.17, 15) is 4.79 Å². The van der Waals surface area contributed by atoms with Crippen molar-refractivity contribution in [2.45, 2.75) is 46.2 Å². The minimum atomic E-state index is -0.242. The van der Waals surface area contributed by atoms with Crippen molar-refractivity contribution < 1.29 is 9.53 Å². The number of aliphatic imine (C=N–C) groups is 1. The lowest BCUT2D eigenvalue weighted by molar-refractivity contribution is 0.0963. The van der Waals surface area contributed by atoms with E-state index in [2.05, 4.69) is 15.4 Å². The van der Waals surface area contributed by atoms with E-state index in [-0.39, 0.29) is 36.1 Å². The van der Waals surface area contributed by atoms with Crippen molar-refractivity contribution in [3.63, 3.8) is 0 Å². The van der Waals surface area contributed by atoms with E-state index >= 15 is 0 Å². The molecule has 3 N–H and O–H groups in total. The number of aromatic nitrogens is 2. The summed E-state index contributed by atoms with van der Waals surface area (Å²) in [6.07, 6.45) is 1.40. The number of nitrogens with zero attached hydrogens (tertiary/aromatic N) is 4. The lowest BCUT2D eigenvalue weighted by Crippen LogP contribution is -2.48. The van der Waals surface area contributed by atoms with E-state index < -0.39 is 0 Å². The second-order valence-corrected chi connectivity index (χ2v) is 7.20. The second kappa shape index (κ2) is 11.2. The minimum absolute atomic E-state index is 0.